The van der Waals surface area contributed by atoms with Crippen LogP contribution in [0, 0.1) is 11.7 Å². The topological polar surface area (TPSA) is 35.5 Å². The Balaban J connectivity index is 1.90. The van der Waals surface area contributed by atoms with Gasteiger partial charge in [-0.15, -0.1) is 0 Å². The van der Waals surface area contributed by atoms with Gasteiger partial charge in [-0.25, -0.2) is 4.39 Å². The van der Waals surface area contributed by atoms with E-state index in [-0.39, 0.29) is 11.9 Å². The standard InChI is InChI=1S/C16H19FO3/c1-10(2)15-9-16(5-6-19-15)8-13(18)12-7-11(17)3-4-14(12)20-16/h3-4,7,10,15H,5-6,8-9H2,1-2H3. The van der Waals surface area contributed by atoms with Gasteiger partial charge in [0.15, 0.2) is 5.78 Å². The highest BCUT2D eigenvalue weighted by Crippen LogP contribution is 2.41. The minimum atomic E-state index is -0.477. The number of carbonyl (C=O) groups excluding carboxylic acids is 1. The lowest BCUT2D eigenvalue weighted by atomic mass is 9.80. The van der Waals surface area contributed by atoms with E-state index in [4.69, 9.17) is 9.47 Å². The fraction of sp³-hybridized carbons (Fsp3) is 0.562. The molecule has 2 unspecified atom stereocenters. The SMILES string of the molecule is CC(C)C1CC2(CCO1)CC(=O)c1cc(F)ccc1O2. The van der Waals surface area contributed by atoms with E-state index >= 15 is 0 Å². The lowest BCUT2D eigenvalue weighted by Gasteiger charge is -2.44. The molecule has 0 bridgehead atoms. The molecule has 2 aliphatic rings. The van der Waals surface area contributed by atoms with E-state index in [2.05, 4.69) is 13.8 Å². The molecule has 1 aromatic rings. The highest BCUT2D eigenvalue weighted by Gasteiger charge is 2.45. The number of Topliss-reactive ketones (excluding diaryl/α,β-unsaturated/α-hetero) is 1. The smallest absolute Gasteiger partial charge is 0.170 e. The van der Waals surface area contributed by atoms with E-state index in [0.717, 1.165) is 0 Å². The molecule has 3 rings (SSSR count). The lowest BCUT2D eigenvalue weighted by molar-refractivity contribution is -0.106. The second kappa shape index (κ2) is 4.85. The maximum absolute atomic E-state index is 13.2. The van der Waals surface area contributed by atoms with Crippen molar-refractivity contribution in [2.75, 3.05) is 6.61 Å². The molecule has 0 aliphatic carbocycles. The number of hydrogen-bond acceptors (Lipinski definition) is 3. The van der Waals surface area contributed by atoms with Gasteiger partial charge in [0, 0.05) is 12.8 Å². The third-order valence-corrected chi connectivity index (χ3v) is 4.26. The van der Waals surface area contributed by atoms with Crippen LogP contribution in [0.1, 0.15) is 43.5 Å². The highest BCUT2D eigenvalue weighted by molar-refractivity contribution is 6.00. The van der Waals surface area contributed by atoms with Crippen LogP contribution in [-0.4, -0.2) is 24.1 Å². The zero-order chi connectivity index (χ0) is 14.3. The van der Waals surface area contributed by atoms with Crippen LogP contribution in [0.3, 0.4) is 0 Å². The van der Waals surface area contributed by atoms with Gasteiger partial charge in [0.25, 0.3) is 0 Å². The molecule has 0 radical (unpaired) electrons. The predicted molar refractivity (Wildman–Crippen MR) is 72.5 cm³/mol. The number of ketones is 1. The Labute approximate surface area is 118 Å². The molecule has 2 aliphatic heterocycles. The van der Waals surface area contributed by atoms with E-state index < -0.39 is 11.4 Å². The molecule has 0 aromatic heterocycles. The summed E-state index contributed by atoms with van der Waals surface area (Å²) in [5.74, 6) is 0.464. The molecular weight excluding hydrogens is 259 g/mol. The minimum absolute atomic E-state index is 0.0323. The summed E-state index contributed by atoms with van der Waals surface area (Å²) in [5, 5.41) is 0. The summed E-state index contributed by atoms with van der Waals surface area (Å²) >= 11 is 0. The van der Waals surface area contributed by atoms with Gasteiger partial charge >= 0.3 is 0 Å². The van der Waals surface area contributed by atoms with Gasteiger partial charge in [-0.1, -0.05) is 13.8 Å². The molecule has 0 amide bonds. The maximum atomic E-state index is 13.2. The first-order valence-electron chi connectivity index (χ1n) is 7.12. The van der Waals surface area contributed by atoms with Gasteiger partial charge in [0.2, 0.25) is 0 Å². The van der Waals surface area contributed by atoms with Crippen LogP contribution in [0.5, 0.6) is 5.75 Å². The van der Waals surface area contributed by atoms with Crippen molar-refractivity contribution in [2.45, 2.75) is 44.8 Å². The van der Waals surface area contributed by atoms with Gasteiger partial charge in [0.05, 0.1) is 24.7 Å². The van der Waals surface area contributed by atoms with Gasteiger partial charge in [-0.05, 0) is 24.1 Å². The molecule has 108 valence electrons. The van der Waals surface area contributed by atoms with Crippen LogP contribution in [0.25, 0.3) is 0 Å². The molecule has 1 aromatic carbocycles. The molecule has 0 N–H and O–H groups in total. The molecule has 4 heteroatoms. The number of carbonyl (C=O) groups is 1. The van der Waals surface area contributed by atoms with Crippen molar-refractivity contribution in [3.05, 3.63) is 29.6 Å². The van der Waals surface area contributed by atoms with Gasteiger partial charge < -0.3 is 9.47 Å². The Morgan fingerprint density at radius 2 is 2.20 bits per heavy atom. The summed E-state index contributed by atoms with van der Waals surface area (Å²) in [7, 11) is 0. The summed E-state index contributed by atoms with van der Waals surface area (Å²) < 4.78 is 25.1. The second-order valence-electron chi connectivity index (χ2n) is 6.13. The monoisotopic (exact) mass is 278 g/mol. The van der Waals surface area contributed by atoms with Crippen LogP contribution in [0.15, 0.2) is 18.2 Å². The third-order valence-electron chi connectivity index (χ3n) is 4.26. The van der Waals surface area contributed by atoms with Crippen LogP contribution in [0.4, 0.5) is 4.39 Å². The fourth-order valence-electron chi connectivity index (χ4n) is 3.07. The van der Waals surface area contributed by atoms with Crippen LogP contribution in [-0.2, 0) is 4.74 Å². The van der Waals surface area contributed by atoms with Gasteiger partial charge in [0.1, 0.15) is 17.2 Å². The molecule has 2 atom stereocenters. The molecule has 20 heavy (non-hydrogen) atoms. The minimum Gasteiger partial charge on any atom is -0.486 e. The van der Waals surface area contributed by atoms with Gasteiger partial charge in [-0.3, -0.25) is 4.79 Å². The quantitative estimate of drug-likeness (QED) is 0.790. The van der Waals surface area contributed by atoms with E-state index in [1.807, 2.05) is 0 Å². The first kappa shape index (κ1) is 13.6. The van der Waals surface area contributed by atoms with Crippen LogP contribution in [0.2, 0.25) is 0 Å². The zero-order valence-electron chi connectivity index (χ0n) is 11.8. The summed E-state index contributed by atoms with van der Waals surface area (Å²) in [6.45, 7) is 4.82. The van der Waals surface area contributed by atoms with Crippen molar-refractivity contribution in [1.29, 1.82) is 0 Å². The molecule has 1 fully saturated rings. The van der Waals surface area contributed by atoms with E-state index in [1.54, 1.807) is 6.07 Å². The van der Waals surface area contributed by atoms with Crippen molar-refractivity contribution in [3.8, 4) is 5.75 Å². The number of hydrogen-bond donors (Lipinski definition) is 0. The van der Waals surface area contributed by atoms with Crippen LogP contribution >= 0.6 is 0 Å². The molecule has 2 heterocycles. The van der Waals surface area contributed by atoms with Crippen molar-refractivity contribution < 1.29 is 18.7 Å². The van der Waals surface area contributed by atoms with E-state index in [9.17, 15) is 9.18 Å². The molecule has 1 spiro atoms. The first-order chi connectivity index (χ1) is 9.49. The predicted octanol–water partition coefficient (Wildman–Crippen LogP) is 3.36. The third kappa shape index (κ3) is 2.33. The van der Waals surface area contributed by atoms with Crippen molar-refractivity contribution in [2.24, 2.45) is 5.92 Å². The Morgan fingerprint density at radius 1 is 1.40 bits per heavy atom. The van der Waals surface area contributed by atoms with Crippen molar-refractivity contribution in [1.82, 2.24) is 0 Å². The molecule has 1 saturated heterocycles. The van der Waals surface area contributed by atoms with E-state index in [0.29, 0.717) is 43.1 Å². The number of fused-ring (bicyclic) bond motifs is 1. The molecule has 0 saturated carbocycles. The Kier molecular flexibility index (Phi) is 3.28. The normalized spacial score (nSPS) is 29.4. The van der Waals surface area contributed by atoms with Crippen molar-refractivity contribution in [3.63, 3.8) is 0 Å². The summed E-state index contributed by atoms with van der Waals surface area (Å²) in [5.41, 5.74) is -0.113. The molecule has 3 nitrogen and oxygen atoms in total. The highest BCUT2D eigenvalue weighted by atomic mass is 19.1. The summed E-state index contributed by atoms with van der Waals surface area (Å²) in [6.07, 6.45) is 1.85. The van der Waals surface area contributed by atoms with Crippen LogP contribution < -0.4 is 4.74 Å². The number of benzene rings is 1. The Bertz CT molecular complexity index is 541. The first-order valence-corrected chi connectivity index (χ1v) is 7.12. The average Bonchev–Trinajstić information content (AvgIpc) is 2.40. The number of ether oxygens (including phenoxy) is 2. The lowest BCUT2D eigenvalue weighted by Crippen LogP contribution is -2.50. The van der Waals surface area contributed by atoms with Crippen molar-refractivity contribution >= 4 is 5.78 Å². The van der Waals surface area contributed by atoms with Gasteiger partial charge in [-0.2, -0.15) is 0 Å². The second-order valence-corrected chi connectivity index (χ2v) is 6.13. The largest absolute Gasteiger partial charge is 0.486 e. The number of halogens is 1. The average molecular weight is 278 g/mol. The maximum Gasteiger partial charge on any atom is 0.170 e. The Morgan fingerprint density at radius 3 is 2.95 bits per heavy atom. The zero-order valence-corrected chi connectivity index (χ0v) is 11.8. The molecular formula is C16H19FO3. The Hall–Kier alpha value is -1.42. The number of rotatable bonds is 1. The fourth-order valence-corrected chi connectivity index (χ4v) is 3.07. The summed E-state index contributed by atoms with van der Waals surface area (Å²) in [4.78, 5) is 12.3. The van der Waals surface area contributed by atoms with E-state index in [1.165, 1.54) is 12.1 Å². The summed E-state index contributed by atoms with van der Waals surface area (Å²) in [6, 6.07) is 4.16.